The van der Waals surface area contributed by atoms with Gasteiger partial charge >= 0.3 is 0 Å². The van der Waals surface area contributed by atoms with Gasteiger partial charge in [-0.3, -0.25) is 10.1 Å². The van der Waals surface area contributed by atoms with Crippen LogP contribution in [-0.4, -0.2) is 30.4 Å². The van der Waals surface area contributed by atoms with Crippen molar-refractivity contribution in [3.8, 4) is 6.07 Å². The summed E-state index contributed by atoms with van der Waals surface area (Å²) < 4.78 is 27.6. The van der Waals surface area contributed by atoms with Gasteiger partial charge in [0.25, 0.3) is 5.69 Å². The van der Waals surface area contributed by atoms with E-state index in [-0.39, 0.29) is 0 Å². The Labute approximate surface area is 134 Å². The Morgan fingerprint density at radius 2 is 2.24 bits per heavy atom. The van der Waals surface area contributed by atoms with Crippen LogP contribution in [0.5, 0.6) is 0 Å². The van der Waals surface area contributed by atoms with E-state index in [0.29, 0.717) is 22.4 Å². The number of hydrogen-bond acceptors (Lipinski definition) is 6. The molecule has 0 saturated carbocycles. The minimum atomic E-state index is -4.17. The Balaban J connectivity index is 2.47. The van der Waals surface area contributed by atoms with Gasteiger partial charge in [0.2, 0.25) is 10.0 Å². The average Bonchev–Trinajstić information content (AvgIpc) is 2.86. The second-order valence-corrected chi connectivity index (χ2v) is 8.14. The molecule has 1 aliphatic heterocycles. The smallest absolute Gasteiger partial charge is 0.258 e. The fourth-order valence-corrected chi connectivity index (χ4v) is 5.34. The summed E-state index contributed by atoms with van der Waals surface area (Å²) in [4.78, 5) is 9.78. The van der Waals surface area contributed by atoms with Gasteiger partial charge in [-0.2, -0.15) is 21.7 Å². The number of thioether (sulfide) groups is 1. The van der Waals surface area contributed by atoms with E-state index >= 15 is 0 Å². The van der Waals surface area contributed by atoms with Crippen LogP contribution in [0.15, 0.2) is 27.6 Å². The van der Waals surface area contributed by atoms with Gasteiger partial charge in [-0.1, -0.05) is 15.9 Å². The van der Waals surface area contributed by atoms with E-state index in [1.54, 1.807) is 0 Å². The number of rotatable bonds is 4. The Kier molecular flexibility index (Phi) is 4.57. The quantitative estimate of drug-likeness (QED) is 0.620. The molecule has 0 aliphatic carbocycles. The van der Waals surface area contributed by atoms with Crippen LogP contribution >= 0.6 is 27.7 Å². The van der Waals surface area contributed by atoms with Crippen molar-refractivity contribution in [1.29, 1.82) is 5.26 Å². The van der Waals surface area contributed by atoms with E-state index in [1.165, 1.54) is 17.8 Å². The second kappa shape index (κ2) is 5.92. The topological polar surface area (TPSA) is 113 Å². The van der Waals surface area contributed by atoms with Gasteiger partial charge in [0.1, 0.15) is 5.54 Å². The minimum absolute atomic E-state index is 0.324. The monoisotopic (exact) mass is 391 g/mol. The molecular formula is C11H10BrN3O4S2. The van der Waals surface area contributed by atoms with Crippen molar-refractivity contribution in [1.82, 2.24) is 4.72 Å². The number of benzene rings is 1. The summed E-state index contributed by atoms with van der Waals surface area (Å²) in [5.41, 5.74) is -1.73. The zero-order chi connectivity index (χ0) is 15.7. The van der Waals surface area contributed by atoms with E-state index in [0.717, 1.165) is 12.1 Å². The lowest BCUT2D eigenvalue weighted by Crippen LogP contribution is -2.47. The van der Waals surface area contributed by atoms with Crippen molar-refractivity contribution in [3.63, 3.8) is 0 Å². The van der Waals surface area contributed by atoms with Gasteiger partial charge in [-0.15, -0.1) is 0 Å². The fraction of sp³-hybridized carbons (Fsp3) is 0.364. The number of hydrogen-bond donors (Lipinski definition) is 1. The summed E-state index contributed by atoms with van der Waals surface area (Å²) in [6, 6.07) is 5.64. The molecule has 1 N–H and O–H groups in total. The minimum Gasteiger partial charge on any atom is -0.258 e. The zero-order valence-corrected chi connectivity index (χ0v) is 13.8. The first-order chi connectivity index (χ1) is 9.80. The summed E-state index contributed by atoms with van der Waals surface area (Å²) in [6.45, 7) is 0. The van der Waals surface area contributed by atoms with Crippen LogP contribution < -0.4 is 4.72 Å². The molecule has 112 valence electrons. The van der Waals surface area contributed by atoms with Crippen molar-refractivity contribution in [3.05, 3.63) is 32.8 Å². The Morgan fingerprint density at radius 1 is 1.52 bits per heavy atom. The van der Waals surface area contributed by atoms with E-state index in [1.807, 2.05) is 6.07 Å². The molecule has 0 spiro atoms. The number of nitro benzene ring substituents is 1. The van der Waals surface area contributed by atoms with Crippen LogP contribution in [0.2, 0.25) is 0 Å². The van der Waals surface area contributed by atoms with E-state index in [4.69, 9.17) is 0 Å². The first kappa shape index (κ1) is 16.2. The molecule has 1 aromatic carbocycles. The number of nitriles is 1. The predicted molar refractivity (Wildman–Crippen MR) is 81.4 cm³/mol. The molecule has 1 aliphatic rings. The molecule has 0 bridgehead atoms. The number of nitrogens with one attached hydrogen (secondary N) is 1. The molecule has 1 unspecified atom stereocenters. The Bertz CT molecular complexity index is 723. The molecule has 21 heavy (non-hydrogen) atoms. The molecule has 0 aromatic heterocycles. The van der Waals surface area contributed by atoms with Crippen LogP contribution in [0, 0.1) is 21.4 Å². The molecule has 1 aromatic rings. The molecular weight excluding hydrogens is 382 g/mol. The van der Waals surface area contributed by atoms with Crippen molar-refractivity contribution in [2.45, 2.75) is 16.9 Å². The molecule has 2 rings (SSSR count). The maximum atomic E-state index is 12.4. The fourth-order valence-electron chi connectivity index (χ4n) is 1.92. The SMILES string of the molecule is N#CC1(NS(=O)(=O)c2cc(Br)ccc2[N+](=O)[O-])CCSC1. The lowest BCUT2D eigenvalue weighted by Gasteiger charge is -2.21. The van der Waals surface area contributed by atoms with Gasteiger partial charge in [0.05, 0.1) is 11.0 Å². The van der Waals surface area contributed by atoms with Gasteiger partial charge in [-0.25, -0.2) is 8.42 Å². The third-order valence-corrected chi connectivity index (χ3v) is 6.22. The third kappa shape index (κ3) is 3.37. The molecule has 1 atom stereocenters. The standard InChI is InChI=1S/C11H10BrN3O4S2/c12-8-1-2-9(15(16)17)10(5-8)21(18,19)14-11(6-13)3-4-20-7-11/h1-2,5,14H,3-4,7H2. The lowest BCUT2D eigenvalue weighted by molar-refractivity contribution is -0.387. The third-order valence-electron chi connectivity index (χ3n) is 2.97. The summed E-state index contributed by atoms with van der Waals surface area (Å²) in [6.07, 6.45) is 0.370. The number of nitro groups is 1. The largest absolute Gasteiger partial charge is 0.289 e. The van der Waals surface area contributed by atoms with Gasteiger partial charge in [0.15, 0.2) is 4.90 Å². The van der Waals surface area contributed by atoms with Crippen LogP contribution in [0.1, 0.15) is 6.42 Å². The maximum Gasteiger partial charge on any atom is 0.289 e. The molecule has 1 heterocycles. The second-order valence-electron chi connectivity index (χ2n) is 4.47. The lowest BCUT2D eigenvalue weighted by atomic mass is 10.0. The van der Waals surface area contributed by atoms with Crippen molar-refractivity contribution < 1.29 is 13.3 Å². The van der Waals surface area contributed by atoms with Crippen LogP contribution in [-0.2, 0) is 10.0 Å². The van der Waals surface area contributed by atoms with E-state index < -0.39 is 31.1 Å². The molecule has 0 amide bonds. The van der Waals surface area contributed by atoms with Crippen LogP contribution in [0.25, 0.3) is 0 Å². The summed E-state index contributed by atoms with van der Waals surface area (Å²) in [5.74, 6) is 0.987. The first-order valence-corrected chi connectivity index (χ1v) is 9.20. The number of halogens is 1. The van der Waals surface area contributed by atoms with Crippen LogP contribution in [0.3, 0.4) is 0 Å². The van der Waals surface area contributed by atoms with Crippen molar-refractivity contribution in [2.75, 3.05) is 11.5 Å². The zero-order valence-electron chi connectivity index (χ0n) is 10.6. The summed E-state index contributed by atoms with van der Waals surface area (Å²) >= 11 is 4.56. The first-order valence-electron chi connectivity index (χ1n) is 5.77. The molecule has 0 radical (unpaired) electrons. The predicted octanol–water partition coefficient (Wildman–Crippen LogP) is 2.03. The van der Waals surface area contributed by atoms with Crippen molar-refractivity contribution >= 4 is 43.4 Å². The van der Waals surface area contributed by atoms with E-state index in [9.17, 15) is 23.8 Å². The van der Waals surface area contributed by atoms with E-state index in [2.05, 4.69) is 20.7 Å². The highest BCUT2D eigenvalue weighted by molar-refractivity contribution is 9.10. The Morgan fingerprint density at radius 3 is 2.76 bits per heavy atom. The van der Waals surface area contributed by atoms with Gasteiger partial charge in [0, 0.05) is 16.3 Å². The highest BCUT2D eigenvalue weighted by Gasteiger charge is 2.40. The van der Waals surface area contributed by atoms with Crippen molar-refractivity contribution in [2.24, 2.45) is 0 Å². The van der Waals surface area contributed by atoms with Crippen LogP contribution in [0.4, 0.5) is 5.69 Å². The summed E-state index contributed by atoms with van der Waals surface area (Å²) in [7, 11) is -4.17. The Hall–Kier alpha value is -1.15. The number of sulfonamides is 1. The molecule has 10 heteroatoms. The molecule has 1 fully saturated rings. The number of nitrogens with zero attached hydrogens (tertiary/aromatic N) is 2. The molecule has 1 saturated heterocycles. The summed E-state index contributed by atoms with van der Waals surface area (Å²) in [5, 5.41) is 20.2. The normalized spacial score (nSPS) is 21.9. The average molecular weight is 392 g/mol. The molecule has 7 nitrogen and oxygen atoms in total. The maximum absolute atomic E-state index is 12.4. The highest BCUT2D eigenvalue weighted by atomic mass is 79.9. The van der Waals surface area contributed by atoms with Gasteiger partial charge < -0.3 is 0 Å². The highest BCUT2D eigenvalue weighted by Crippen LogP contribution is 2.32. The van der Waals surface area contributed by atoms with Gasteiger partial charge in [-0.05, 0) is 24.3 Å².